The molecule has 0 unspecified atom stereocenters. The predicted octanol–water partition coefficient (Wildman–Crippen LogP) is 2.32. The molecule has 3 nitrogen and oxygen atoms in total. The van der Waals surface area contributed by atoms with Gasteiger partial charge in [0.05, 0.1) is 5.69 Å². The Labute approximate surface area is 106 Å². The zero-order valence-electron chi connectivity index (χ0n) is 10.3. The number of pyridine rings is 1. The number of anilines is 1. The number of hydrogen-bond donors (Lipinski definition) is 1. The van der Waals surface area contributed by atoms with Crippen molar-refractivity contribution in [1.82, 2.24) is 4.98 Å². The van der Waals surface area contributed by atoms with Crippen molar-refractivity contribution >= 4 is 5.69 Å². The second-order valence-electron chi connectivity index (χ2n) is 4.19. The van der Waals surface area contributed by atoms with Crippen LogP contribution in [0, 0.1) is 5.82 Å². The van der Waals surface area contributed by atoms with E-state index >= 15 is 0 Å². The summed E-state index contributed by atoms with van der Waals surface area (Å²) >= 11 is 0. The fourth-order valence-corrected chi connectivity index (χ4v) is 1.80. The van der Waals surface area contributed by atoms with Crippen LogP contribution in [0.15, 0.2) is 42.6 Å². The molecule has 0 spiro atoms. The van der Waals surface area contributed by atoms with Crippen LogP contribution in [-0.4, -0.2) is 12.0 Å². The minimum Gasteiger partial charge on any atom is -0.370 e. The summed E-state index contributed by atoms with van der Waals surface area (Å²) in [6.07, 6.45) is 1.76. The van der Waals surface area contributed by atoms with Gasteiger partial charge >= 0.3 is 0 Å². The van der Waals surface area contributed by atoms with E-state index in [2.05, 4.69) is 9.88 Å². The highest BCUT2D eigenvalue weighted by molar-refractivity contribution is 5.46. The molecule has 0 atom stereocenters. The van der Waals surface area contributed by atoms with E-state index in [0.717, 1.165) is 23.5 Å². The van der Waals surface area contributed by atoms with E-state index in [1.165, 1.54) is 12.1 Å². The van der Waals surface area contributed by atoms with Gasteiger partial charge in [-0.05, 0) is 42.0 Å². The normalized spacial score (nSPS) is 10.4. The zero-order valence-corrected chi connectivity index (χ0v) is 10.3. The van der Waals surface area contributed by atoms with Gasteiger partial charge in [-0.1, -0.05) is 0 Å². The van der Waals surface area contributed by atoms with Crippen LogP contribution >= 0.6 is 0 Å². The molecule has 0 saturated carbocycles. The molecule has 2 rings (SSSR count). The first kappa shape index (κ1) is 12.5. The molecular formula is C14H16FN3. The van der Waals surface area contributed by atoms with Crippen LogP contribution in [0.1, 0.15) is 11.3 Å². The highest BCUT2D eigenvalue weighted by Gasteiger charge is 2.03. The Morgan fingerprint density at radius 1 is 1.22 bits per heavy atom. The Bertz CT molecular complexity index is 511. The molecule has 0 saturated heterocycles. The SMILES string of the molecule is CN(Cc1ccnc(CN)c1)c1ccc(F)cc1. The van der Waals surface area contributed by atoms with Gasteiger partial charge in [0.1, 0.15) is 5.82 Å². The van der Waals surface area contributed by atoms with Crippen molar-refractivity contribution in [1.29, 1.82) is 0 Å². The first-order valence-electron chi connectivity index (χ1n) is 5.79. The summed E-state index contributed by atoms with van der Waals surface area (Å²) in [5.41, 5.74) is 8.55. The number of nitrogens with two attached hydrogens (primary N) is 1. The summed E-state index contributed by atoms with van der Waals surface area (Å²) in [4.78, 5) is 6.21. The maximum absolute atomic E-state index is 12.8. The second kappa shape index (κ2) is 5.60. The predicted molar refractivity (Wildman–Crippen MR) is 70.6 cm³/mol. The molecule has 0 aliphatic rings. The standard InChI is InChI=1S/C14H16FN3/c1-18(14-4-2-12(15)3-5-14)10-11-6-7-17-13(8-11)9-16/h2-8H,9-10,16H2,1H3. The van der Waals surface area contributed by atoms with E-state index in [4.69, 9.17) is 5.73 Å². The third kappa shape index (κ3) is 3.05. The topological polar surface area (TPSA) is 42.2 Å². The zero-order chi connectivity index (χ0) is 13.0. The molecule has 0 fully saturated rings. The molecule has 1 aromatic heterocycles. The minimum atomic E-state index is -0.221. The van der Waals surface area contributed by atoms with Gasteiger partial charge in [0, 0.05) is 32.0 Å². The first-order valence-corrected chi connectivity index (χ1v) is 5.79. The van der Waals surface area contributed by atoms with Crippen molar-refractivity contribution in [3.8, 4) is 0 Å². The maximum atomic E-state index is 12.8. The van der Waals surface area contributed by atoms with Crippen molar-refractivity contribution in [3.05, 3.63) is 59.7 Å². The fraction of sp³-hybridized carbons (Fsp3) is 0.214. The van der Waals surface area contributed by atoms with Crippen LogP contribution in [0.3, 0.4) is 0 Å². The Hall–Kier alpha value is -1.94. The lowest BCUT2D eigenvalue weighted by Crippen LogP contribution is -2.16. The molecule has 4 heteroatoms. The van der Waals surface area contributed by atoms with E-state index in [0.29, 0.717) is 6.54 Å². The van der Waals surface area contributed by atoms with Crippen molar-refractivity contribution in [2.24, 2.45) is 5.73 Å². The summed E-state index contributed by atoms with van der Waals surface area (Å²) in [5, 5.41) is 0. The van der Waals surface area contributed by atoms with E-state index < -0.39 is 0 Å². The minimum absolute atomic E-state index is 0.221. The van der Waals surface area contributed by atoms with Crippen molar-refractivity contribution in [3.63, 3.8) is 0 Å². The summed E-state index contributed by atoms with van der Waals surface area (Å²) in [5.74, 6) is -0.221. The van der Waals surface area contributed by atoms with E-state index in [9.17, 15) is 4.39 Å². The van der Waals surface area contributed by atoms with Gasteiger partial charge in [0.2, 0.25) is 0 Å². The third-order valence-corrected chi connectivity index (χ3v) is 2.78. The average molecular weight is 245 g/mol. The Morgan fingerprint density at radius 2 is 1.94 bits per heavy atom. The molecular weight excluding hydrogens is 229 g/mol. The molecule has 0 amide bonds. The van der Waals surface area contributed by atoms with E-state index in [1.54, 1.807) is 18.3 Å². The highest BCUT2D eigenvalue weighted by Crippen LogP contribution is 2.16. The van der Waals surface area contributed by atoms with Crippen molar-refractivity contribution < 1.29 is 4.39 Å². The molecule has 2 N–H and O–H groups in total. The Morgan fingerprint density at radius 3 is 2.61 bits per heavy atom. The smallest absolute Gasteiger partial charge is 0.123 e. The van der Waals surface area contributed by atoms with Gasteiger partial charge in [0.25, 0.3) is 0 Å². The molecule has 0 bridgehead atoms. The van der Waals surface area contributed by atoms with E-state index in [1.807, 2.05) is 19.2 Å². The molecule has 1 heterocycles. The van der Waals surface area contributed by atoms with Crippen LogP contribution in [0.2, 0.25) is 0 Å². The Kier molecular flexibility index (Phi) is 3.89. The quantitative estimate of drug-likeness (QED) is 0.898. The lowest BCUT2D eigenvalue weighted by molar-refractivity contribution is 0.627. The van der Waals surface area contributed by atoms with E-state index in [-0.39, 0.29) is 5.82 Å². The number of rotatable bonds is 4. The number of benzene rings is 1. The Balaban J connectivity index is 2.10. The highest BCUT2D eigenvalue weighted by atomic mass is 19.1. The second-order valence-corrected chi connectivity index (χ2v) is 4.19. The molecule has 18 heavy (non-hydrogen) atoms. The number of halogens is 1. The van der Waals surface area contributed by atoms with Crippen LogP contribution in [0.5, 0.6) is 0 Å². The summed E-state index contributed by atoms with van der Waals surface area (Å²) in [6, 6.07) is 10.4. The van der Waals surface area contributed by atoms with Crippen LogP contribution in [0.4, 0.5) is 10.1 Å². The van der Waals surface area contributed by atoms with Gasteiger partial charge < -0.3 is 10.6 Å². The largest absolute Gasteiger partial charge is 0.370 e. The van der Waals surface area contributed by atoms with Gasteiger partial charge in [-0.15, -0.1) is 0 Å². The van der Waals surface area contributed by atoms with Crippen LogP contribution < -0.4 is 10.6 Å². The first-order chi connectivity index (χ1) is 8.69. The number of aromatic nitrogens is 1. The fourth-order valence-electron chi connectivity index (χ4n) is 1.80. The molecule has 94 valence electrons. The van der Waals surface area contributed by atoms with Gasteiger partial charge in [-0.3, -0.25) is 4.98 Å². The lowest BCUT2D eigenvalue weighted by Gasteiger charge is -2.19. The molecule has 0 aliphatic heterocycles. The summed E-state index contributed by atoms with van der Waals surface area (Å²) in [6.45, 7) is 1.18. The monoisotopic (exact) mass is 245 g/mol. The molecule has 2 aromatic rings. The maximum Gasteiger partial charge on any atom is 0.123 e. The van der Waals surface area contributed by atoms with Gasteiger partial charge in [-0.2, -0.15) is 0 Å². The summed E-state index contributed by atoms with van der Waals surface area (Å²) in [7, 11) is 1.97. The third-order valence-electron chi connectivity index (χ3n) is 2.78. The molecule has 0 aliphatic carbocycles. The van der Waals surface area contributed by atoms with Crippen molar-refractivity contribution in [2.45, 2.75) is 13.1 Å². The molecule has 0 radical (unpaired) electrons. The summed E-state index contributed by atoms with van der Waals surface area (Å²) < 4.78 is 12.8. The van der Waals surface area contributed by atoms with Crippen molar-refractivity contribution in [2.75, 3.05) is 11.9 Å². The average Bonchev–Trinajstić information content (AvgIpc) is 2.39. The van der Waals surface area contributed by atoms with Gasteiger partial charge in [-0.25, -0.2) is 4.39 Å². The number of nitrogens with zero attached hydrogens (tertiary/aromatic N) is 2. The number of hydrogen-bond acceptors (Lipinski definition) is 3. The van der Waals surface area contributed by atoms with Gasteiger partial charge in [0.15, 0.2) is 0 Å². The molecule has 1 aromatic carbocycles. The lowest BCUT2D eigenvalue weighted by atomic mass is 10.2. The van der Waals surface area contributed by atoms with Crippen LogP contribution in [-0.2, 0) is 13.1 Å². The van der Waals surface area contributed by atoms with Crippen LogP contribution in [0.25, 0.3) is 0 Å².